The second kappa shape index (κ2) is 6.90. The Balaban J connectivity index is 2.39. The second-order valence-corrected chi connectivity index (χ2v) is 4.04. The van der Waals surface area contributed by atoms with E-state index in [1.54, 1.807) is 0 Å². The first kappa shape index (κ1) is 13.5. The summed E-state index contributed by atoms with van der Waals surface area (Å²) >= 11 is 0. The zero-order valence-electron chi connectivity index (χ0n) is 10.6. The minimum absolute atomic E-state index is 0.327. The van der Waals surface area contributed by atoms with Crippen molar-refractivity contribution < 1.29 is 9.47 Å². The molecule has 0 aliphatic heterocycles. The van der Waals surface area contributed by atoms with Gasteiger partial charge in [-0.3, -0.25) is 0 Å². The topological polar surface area (TPSA) is 82.3 Å². The van der Waals surface area contributed by atoms with Gasteiger partial charge in [0.15, 0.2) is 11.6 Å². The third kappa shape index (κ3) is 4.44. The molecule has 0 aromatic carbocycles. The largest absolute Gasteiger partial charge is 0.490 e. The van der Waals surface area contributed by atoms with Crippen LogP contribution in [0.1, 0.15) is 13.8 Å². The number of aromatic nitrogens is 2. The molecule has 1 aromatic rings. The van der Waals surface area contributed by atoms with Crippen molar-refractivity contribution in [1.82, 2.24) is 9.97 Å². The van der Waals surface area contributed by atoms with Crippen molar-refractivity contribution in [2.45, 2.75) is 13.8 Å². The number of nitrogens with zero attached hydrogens (tertiary/aromatic N) is 2. The molecule has 0 saturated heterocycles. The van der Waals surface area contributed by atoms with E-state index in [4.69, 9.17) is 15.2 Å². The van der Waals surface area contributed by atoms with Gasteiger partial charge in [-0.1, -0.05) is 13.8 Å². The van der Waals surface area contributed by atoms with E-state index < -0.39 is 0 Å². The molecule has 0 aliphatic carbocycles. The summed E-state index contributed by atoms with van der Waals surface area (Å²) in [4.78, 5) is 7.91. The fourth-order valence-corrected chi connectivity index (χ4v) is 1.28. The van der Waals surface area contributed by atoms with Crippen LogP contribution in [-0.4, -0.2) is 36.8 Å². The lowest BCUT2D eigenvalue weighted by molar-refractivity contribution is 0.118. The van der Waals surface area contributed by atoms with E-state index in [1.165, 1.54) is 13.4 Å². The number of anilines is 2. The highest BCUT2D eigenvalue weighted by Crippen LogP contribution is 2.25. The molecular weight excluding hydrogens is 220 g/mol. The molecule has 0 unspecified atom stereocenters. The van der Waals surface area contributed by atoms with Crippen molar-refractivity contribution in [3.63, 3.8) is 0 Å². The average Bonchev–Trinajstić information content (AvgIpc) is 2.28. The van der Waals surface area contributed by atoms with Crippen molar-refractivity contribution in [2.24, 2.45) is 5.92 Å². The Labute approximate surface area is 102 Å². The highest BCUT2D eigenvalue weighted by molar-refractivity contribution is 5.61. The molecule has 0 atom stereocenters. The highest BCUT2D eigenvalue weighted by atomic mass is 16.5. The van der Waals surface area contributed by atoms with Crippen molar-refractivity contribution in [3.05, 3.63) is 6.33 Å². The number of nitrogens with one attached hydrogen (secondary N) is 1. The Bertz CT molecular complexity index is 344. The van der Waals surface area contributed by atoms with Crippen molar-refractivity contribution in [2.75, 3.05) is 37.9 Å². The lowest BCUT2D eigenvalue weighted by Crippen LogP contribution is -2.14. The van der Waals surface area contributed by atoms with E-state index in [-0.39, 0.29) is 0 Å². The average molecular weight is 240 g/mol. The van der Waals surface area contributed by atoms with E-state index >= 15 is 0 Å². The fourth-order valence-electron chi connectivity index (χ4n) is 1.28. The normalized spacial score (nSPS) is 10.6. The summed E-state index contributed by atoms with van der Waals surface area (Å²) in [7, 11) is 1.54. The quantitative estimate of drug-likeness (QED) is 0.696. The van der Waals surface area contributed by atoms with E-state index in [2.05, 4.69) is 29.1 Å². The van der Waals surface area contributed by atoms with Gasteiger partial charge in [-0.05, 0) is 5.92 Å². The Kier molecular flexibility index (Phi) is 5.48. The van der Waals surface area contributed by atoms with Gasteiger partial charge in [0.25, 0.3) is 0 Å². The summed E-state index contributed by atoms with van der Waals surface area (Å²) in [5.41, 5.74) is 5.65. The van der Waals surface area contributed by atoms with E-state index in [0.29, 0.717) is 36.5 Å². The first-order valence-corrected chi connectivity index (χ1v) is 5.61. The number of ether oxygens (including phenoxy) is 2. The van der Waals surface area contributed by atoms with Crippen LogP contribution in [0.25, 0.3) is 0 Å². The van der Waals surface area contributed by atoms with E-state index in [1.807, 2.05) is 0 Å². The van der Waals surface area contributed by atoms with E-state index in [9.17, 15) is 0 Å². The SMILES string of the molecule is COc1c(N)ncnc1NCCOCC(C)C. The number of hydrogen-bond acceptors (Lipinski definition) is 6. The Morgan fingerprint density at radius 2 is 2.18 bits per heavy atom. The van der Waals surface area contributed by atoms with Crippen LogP contribution < -0.4 is 15.8 Å². The van der Waals surface area contributed by atoms with Crippen LogP contribution in [0.15, 0.2) is 6.33 Å². The van der Waals surface area contributed by atoms with Gasteiger partial charge in [-0.15, -0.1) is 0 Å². The number of methoxy groups -OCH3 is 1. The summed E-state index contributed by atoms with van der Waals surface area (Å²) in [6.45, 7) is 6.25. The van der Waals surface area contributed by atoms with Crippen molar-refractivity contribution >= 4 is 11.6 Å². The Morgan fingerprint density at radius 3 is 2.82 bits per heavy atom. The molecule has 0 amide bonds. The minimum Gasteiger partial charge on any atom is -0.490 e. The summed E-state index contributed by atoms with van der Waals surface area (Å²) < 4.78 is 10.6. The molecule has 6 heteroatoms. The molecular formula is C11H20N4O2. The molecule has 1 rings (SSSR count). The Hall–Kier alpha value is -1.56. The third-order valence-electron chi connectivity index (χ3n) is 2.03. The molecule has 3 N–H and O–H groups in total. The maximum absolute atomic E-state index is 5.65. The first-order chi connectivity index (χ1) is 8.15. The summed E-state index contributed by atoms with van der Waals surface area (Å²) in [5.74, 6) is 1.93. The van der Waals surface area contributed by atoms with Gasteiger partial charge in [-0.25, -0.2) is 9.97 Å². The smallest absolute Gasteiger partial charge is 0.203 e. The molecule has 1 heterocycles. The molecule has 6 nitrogen and oxygen atoms in total. The van der Waals surface area contributed by atoms with Crippen LogP contribution in [-0.2, 0) is 4.74 Å². The molecule has 17 heavy (non-hydrogen) atoms. The molecule has 96 valence electrons. The van der Waals surface area contributed by atoms with Crippen molar-refractivity contribution in [1.29, 1.82) is 0 Å². The highest BCUT2D eigenvalue weighted by Gasteiger charge is 2.08. The summed E-state index contributed by atoms with van der Waals surface area (Å²) in [6, 6.07) is 0. The van der Waals surface area contributed by atoms with E-state index in [0.717, 1.165) is 6.61 Å². The van der Waals surface area contributed by atoms with Crippen LogP contribution in [0, 0.1) is 5.92 Å². The van der Waals surface area contributed by atoms with Crippen LogP contribution in [0.3, 0.4) is 0 Å². The lowest BCUT2D eigenvalue weighted by Gasteiger charge is -2.11. The third-order valence-corrected chi connectivity index (χ3v) is 2.03. The molecule has 0 fully saturated rings. The molecule has 0 saturated carbocycles. The maximum atomic E-state index is 5.65. The van der Waals surface area contributed by atoms with Gasteiger partial charge in [0.1, 0.15) is 6.33 Å². The maximum Gasteiger partial charge on any atom is 0.203 e. The van der Waals surface area contributed by atoms with Crippen LogP contribution in [0.4, 0.5) is 11.6 Å². The predicted molar refractivity (Wildman–Crippen MR) is 67.1 cm³/mol. The van der Waals surface area contributed by atoms with Crippen molar-refractivity contribution in [3.8, 4) is 5.75 Å². The Morgan fingerprint density at radius 1 is 1.41 bits per heavy atom. The van der Waals surface area contributed by atoms with Gasteiger partial charge >= 0.3 is 0 Å². The first-order valence-electron chi connectivity index (χ1n) is 5.61. The standard InChI is InChI=1S/C11H20N4O2/c1-8(2)6-17-5-4-13-11-9(16-3)10(12)14-7-15-11/h7-8H,4-6H2,1-3H3,(H3,12,13,14,15). The predicted octanol–water partition coefficient (Wildman–Crippen LogP) is 1.15. The molecule has 0 aliphatic rings. The zero-order valence-corrected chi connectivity index (χ0v) is 10.6. The second-order valence-electron chi connectivity index (χ2n) is 4.04. The molecule has 0 bridgehead atoms. The van der Waals surface area contributed by atoms with Crippen LogP contribution in [0.2, 0.25) is 0 Å². The zero-order chi connectivity index (χ0) is 12.7. The lowest BCUT2D eigenvalue weighted by atomic mass is 10.2. The van der Waals surface area contributed by atoms with Crippen LogP contribution >= 0.6 is 0 Å². The number of hydrogen-bond donors (Lipinski definition) is 2. The number of nitrogen functional groups attached to an aromatic ring is 1. The summed E-state index contributed by atoms with van der Waals surface area (Å²) in [5, 5.41) is 3.10. The van der Waals surface area contributed by atoms with Gasteiger partial charge in [0, 0.05) is 13.2 Å². The fraction of sp³-hybridized carbons (Fsp3) is 0.636. The summed E-state index contributed by atoms with van der Waals surface area (Å²) in [6.07, 6.45) is 1.40. The van der Waals surface area contributed by atoms with Gasteiger partial charge < -0.3 is 20.5 Å². The van der Waals surface area contributed by atoms with Crippen LogP contribution in [0.5, 0.6) is 5.75 Å². The molecule has 0 radical (unpaired) electrons. The monoisotopic (exact) mass is 240 g/mol. The van der Waals surface area contributed by atoms with Gasteiger partial charge in [0.05, 0.1) is 13.7 Å². The molecule has 0 spiro atoms. The number of nitrogens with two attached hydrogens (primary N) is 1. The number of rotatable bonds is 7. The molecule has 1 aromatic heterocycles. The van der Waals surface area contributed by atoms with Gasteiger partial charge in [0.2, 0.25) is 5.75 Å². The van der Waals surface area contributed by atoms with Gasteiger partial charge in [-0.2, -0.15) is 0 Å². The minimum atomic E-state index is 0.327.